The topological polar surface area (TPSA) is 292 Å². The van der Waals surface area contributed by atoms with E-state index in [-0.39, 0.29) is 39.0 Å². The molecule has 3 aliphatic heterocycles. The first-order valence-corrected chi connectivity index (χ1v) is 23.5. The number of cyclic esters (lactones) is 1. The van der Waals surface area contributed by atoms with Crippen LogP contribution in [-0.4, -0.2) is 175 Å². The highest BCUT2D eigenvalue weighted by Gasteiger charge is 2.58. The van der Waals surface area contributed by atoms with Crippen LogP contribution in [0.5, 0.6) is 0 Å². The van der Waals surface area contributed by atoms with Crippen molar-refractivity contribution in [2.24, 2.45) is 23.7 Å². The molecule has 20 atom stereocenters. The van der Waals surface area contributed by atoms with E-state index in [9.17, 15) is 60.7 Å². The predicted octanol–water partition coefficient (Wildman–Crippen LogP) is 2.37. The lowest BCUT2D eigenvalue weighted by Gasteiger charge is -2.50. The van der Waals surface area contributed by atoms with Crippen LogP contribution in [-0.2, 0) is 38.0 Å². The average Bonchev–Trinajstić information content (AvgIpc) is 3.29. The van der Waals surface area contributed by atoms with Crippen molar-refractivity contribution < 1.29 is 89.1 Å². The number of fused-ring (bicyclic) bond motifs is 2. The Morgan fingerprint density at radius 1 is 0.623 bits per heavy atom. The van der Waals surface area contributed by atoms with Gasteiger partial charge in [-0.1, -0.05) is 113 Å². The minimum atomic E-state index is -2.20. The third-order valence-corrected chi connectivity index (χ3v) is 13.0. The van der Waals surface area contributed by atoms with E-state index < -0.39 is 146 Å². The van der Waals surface area contributed by atoms with Gasteiger partial charge in [0.25, 0.3) is 0 Å². The molecule has 2 fully saturated rings. The number of ether oxygens (including phenoxy) is 6. The summed E-state index contributed by atoms with van der Waals surface area (Å²) in [5.74, 6) is -6.76. The summed E-state index contributed by atoms with van der Waals surface area (Å²) >= 11 is 0. The Bertz CT molecular complexity index is 1730. The molecule has 0 amide bonds. The number of carbonyl (C=O) groups excluding carboxylic acids is 2. The number of carbonyl (C=O) groups is 2. The van der Waals surface area contributed by atoms with Crippen LogP contribution < -0.4 is 0 Å². The number of aliphatic hydroxyl groups is 10. The van der Waals surface area contributed by atoms with Gasteiger partial charge in [-0.15, -0.1) is 0 Å². The number of aliphatic hydroxyl groups excluding tert-OH is 10. The van der Waals surface area contributed by atoms with Gasteiger partial charge >= 0.3 is 11.9 Å². The Kier molecular flexibility index (Phi) is 27.2. The first kappa shape index (κ1) is 61.7. The molecule has 3 heterocycles. The molecule has 69 heavy (non-hydrogen) atoms. The van der Waals surface area contributed by atoms with Gasteiger partial charge in [0.1, 0.15) is 30.3 Å². The fraction of sp³-hybridized carbons (Fsp3) is 0.686. The minimum absolute atomic E-state index is 0. The lowest BCUT2D eigenvalue weighted by molar-refractivity contribution is -0.356. The maximum absolute atomic E-state index is 13.2. The summed E-state index contributed by atoms with van der Waals surface area (Å²) < 4.78 is 34.6. The lowest BCUT2D eigenvalue weighted by Crippen LogP contribution is -2.66. The molecule has 18 nitrogen and oxygen atoms in total. The highest BCUT2D eigenvalue weighted by Crippen LogP contribution is 2.41. The second-order valence-electron chi connectivity index (χ2n) is 18.3. The molecule has 0 aliphatic carbocycles. The van der Waals surface area contributed by atoms with Crippen molar-refractivity contribution in [3.63, 3.8) is 0 Å². The van der Waals surface area contributed by atoms with Gasteiger partial charge in [0.2, 0.25) is 0 Å². The quantitative estimate of drug-likeness (QED) is 0.181. The van der Waals surface area contributed by atoms with Crippen molar-refractivity contribution in [1.82, 2.24) is 0 Å². The maximum atomic E-state index is 13.2. The number of hydrogen-bond acceptors (Lipinski definition) is 18. The van der Waals surface area contributed by atoms with E-state index >= 15 is 0 Å². The molecular weight excluding hydrogens is 901 g/mol. The summed E-state index contributed by atoms with van der Waals surface area (Å²) in [7, 11) is 2.24. The van der Waals surface area contributed by atoms with E-state index in [1.165, 1.54) is 0 Å². The molecule has 3 rings (SSSR count). The van der Waals surface area contributed by atoms with Crippen LogP contribution in [0.4, 0.5) is 0 Å². The summed E-state index contributed by atoms with van der Waals surface area (Å²) in [6.07, 6.45) is 3.39. The summed E-state index contributed by atoms with van der Waals surface area (Å²) in [6.45, 7) is 8.50. The van der Waals surface area contributed by atoms with Crippen LogP contribution in [0.3, 0.4) is 0 Å². The Hall–Kier alpha value is -3.44. The van der Waals surface area contributed by atoms with E-state index in [2.05, 4.69) is 0 Å². The van der Waals surface area contributed by atoms with Crippen molar-refractivity contribution in [2.75, 3.05) is 14.2 Å². The number of hydrogen-bond donors (Lipinski definition) is 10. The number of esters is 2. The third-order valence-electron chi connectivity index (χ3n) is 13.0. The molecule has 10 N–H and O–H groups in total. The molecule has 0 aromatic rings. The molecule has 0 spiro atoms. The molecule has 2 bridgehead atoms. The van der Waals surface area contributed by atoms with E-state index in [1.807, 2.05) is 43.4 Å². The molecule has 0 aromatic heterocycles. The SMILES string of the molecule is C.COC(=O)C1C2CC(OC3OC(C)C(O)C(C)C3O)/C=C/C=C/C=C/C=C/C=C/C=C/C=C/C(C)C(O)C(C)C(C)OC(=O)CC(O)CC(O)CCC(O)C(O)CC(O)CC(OC)(O2)C(O)C1O. The molecule has 0 aromatic carbocycles. The van der Waals surface area contributed by atoms with Gasteiger partial charge in [-0.2, -0.15) is 0 Å². The molecular formula is C51H82O18. The van der Waals surface area contributed by atoms with Crippen molar-refractivity contribution in [1.29, 1.82) is 0 Å². The predicted molar refractivity (Wildman–Crippen MR) is 255 cm³/mol. The second kappa shape index (κ2) is 30.4. The fourth-order valence-electron chi connectivity index (χ4n) is 8.47. The zero-order valence-electron chi connectivity index (χ0n) is 40.2. The number of allylic oxidation sites excluding steroid dienone is 12. The lowest BCUT2D eigenvalue weighted by atomic mass is 9.80. The van der Waals surface area contributed by atoms with Gasteiger partial charge in [-0.05, 0) is 33.1 Å². The van der Waals surface area contributed by atoms with E-state index in [0.717, 1.165) is 14.2 Å². The van der Waals surface area contributed by atoms with Crippen LogP contribution in [0.1, 0.15) is 87.0 Å². The highest BCUT2D eigenvalue weighted by atomic mass is 16.7. The van der Waals surface area contributed by atoms with Crippen molar-refractivity contribution in [3.8, 4) is 0 Å². The number of rotatable bonds is 4. The van der Waals surface area contributed by atoms with Crippen LogP contribution in [0, 0.1) is 23.7 Å². The van der Waals surface area contributed by atoms with Gasteiger partial charge in [-0.25, -0.2) is 0 Å². The van der Waals surface area contributed by atoms with Crippen molar-refractivity contribution in [2.45, 2.75) is 185 Å². The summed E-state index contributed by atoms with van der Waals surface area (Å²) in [5.41, 5.74) is 0. The Morgan fingerprint density at radius 3 is 1.75 bits per heavy atom. The minimum Gasteiger partial charge on any atom is -0.469 e. The van der Waals surface area contributed by atoms with Crippen LogP contribution >= 0.6 is 0 Å². The van der Waals surface area contributed by atoms with Gasteiger partial charge in [0.15, 0.2) is 12.1 Å². The summed E-state index contributed by atoms with van der Waals surface area (Å²) in [5, 5.41) is 110. The van der Waals surface area contributed by atoms with Gasteiger partial charge in [0, 0.05) is 44.1 Å². The fourth-order valence-corrected chi connectivity index (χ4v) is 8.47. The van der Waals surface area contributed by atoms with E-state index in [4.69, 9.17) is 28.4 Å². The van der Waals surface area contributed by atoms with Gasteiger partial charge in [-0.3, -0.25) is 9.59 Å². The molecule has 3 aliphatic rings. The maximum Gasteiger partial charge on any atom is 0.314 e. The summed E-state index contributed by atoms with van der Waals surface area (Å²) in [4.78, 5) is 25.9. The van der Waals surface area contributed by atoms with Crippen molar-refractivity contribution in [3.05, 3.63) is 85.1 Å². The molecule has 20 unspecified atom stereocenters. The molecule has 2 saturated heterocycles. The van der Waals surface area contributed by atoms with Gasteiger partial charge < -0.3 is 79.5 Å². The first-order valence-electron chi connectivity index (χ1n) is 23.5. The molecule has 18 heteroatoms. The Morgan fingerprint density at radius 2 is 1.19 bits per heavy atom. The normalized spacial score (nSPS) is 44.4. The number of methoxy groups -OCH3 is 2. The van der Waals surface area contributed by atoms with E-state index in [0.29, 0.717) is 0 Å². The smallest absolute Gasteiger partial charge is 0.314 e. The standard InChI is InChI=1S/C50H78O18.CH4/c1-29-20-18-16-14-12-10-8-9-11-13-15-17-19-21-37(67-49-45(59)31(3)44(58)33(5)66-49)27-40-42(48(62)63-6)46(60)47(61)50(64-7,68-40)28-36(53)25-39(55)38(54)23-22-34(51)24-35(52)26-41(56)65-32(4)30(2)43(29)57;/h8-21,29-40,42-47,49,51-55,57-61H,22-28H2,1-7H3;1H4/b9-8+,12-10+,13-11+,16-14+,17-15+,20-18+,21-19+;. The van der Waals surface area contributed by atoms with Gasteiger partial charge in [0.05, 0.1) is 74.6 Å². The first-order chi connectivity index (χ1) is 32.2. The van der Waals surface area contributed by atoms with E-state index in [1.54, 1.807) is 76.3 Å². The Labute approximate surface area is 407 Å². The average molecular weight is 983 g/mol. The monoisotopic (exact) mass is 983 g/mol. The zero-order chi connectivity index (χ0) is 50.7. The third kappa shape index (κ3) is 18.9. The summed E-state index contributed by atoms with van der Waals surface area (Å²) in [6, 6.07) is 0. The second-order valence-corrected chi connectivity index (χ2v) is 18.3. The largest absolute Gasteiger partial charge is 0.469 e. The molecule has 0 saturated carbocycles. The highest BCUT2D eigenvalue weighted by molar-refractivity contribution is 5.74. The van der Waals surface area contributed by atoms with Crippen LogP contribution in [0.2, 0.25) is 0 Å². The van der Waals surface area contributed by atoms with Crippen LogP contribution in [0.25, 0.3) is 0 Å². The molecule has 0 radical (unpaired) electrons. The zero-order valence-corrected chi connectivity index (χ0v) is 40.2. The Balaban J connectivity index is 0.0000163. The van der Waals surface area contributed by atoms with Crippen molar-refractivity contribution >= 4 is 11.9 Å². The van der Waals surface area contributed by atoms with Crippen LogP contribution in [0.15, 0.2) is 85.1 Å². The molecule has 394 valence electrons.